The van der Waals surface area contributed by atoms with Crippen molar-refractivity contribution in [1.82, 2.24) is 29.8 Å². The van der Waals surface area contributed by atoms with Crippen LogP contribution in [-0.4, -0.2) is 74.5 Å². The molecule has 3 heterocycles. The number of carbonyl (C=O) groups is 1. The molecule has 0 radical (unpaired) electrons. The van der Waals surface area contributed by atoms with E-state index in [-0.39, 0.29) is 6.10 Å². The fraction of sp³-hybridized carbons (Fsp3) is 0.600. The number of aromatic nitrogens is 4. The SMILES string of the molecule is Cc1nnc2c(NCCCCNCCC(C)C)nc3cc(OC4CCN(C(=O)O)CC4)ccc3n12. The third-order valence-corrected chi connectivity index (χ3v) is 6.44. The number of hydrogen-bond donors (Lipinski definition) is 3. The number of piperidine rings is 1. The van der Waals surface area contributed by atoms with E-state index in [0.29, 0.717) is 25.9 Å². The largest absolute Gasteiger partial charge is 0.490 e. The smallest absolute Gasteiger partial charge is 0.407 e. The molecule has 1 saturated heterocycles. The van der Waals surface area contributed by atoms with Crippen molar-refractivity contribution < 1.29 is 14.6 Å². The predicted octanol–water partition coefficient (Wildman–Crippen LogP) is 3.93. The van der Waals surface area contributed by atoms with Gasteiger partial charge in [0.1, 0.15) is 17.7 Å². The standard InChI is InChI=1S/C25H37N7O3/c1-17(2)8-13-26-11-4-5-12-27-23-24-30-29-18(3)32(24)22-7-6-20(16-21(22)28-23)35-19-9-14-31(15-10-19)25(33)34/h6-7,16-17,19,26H,4-5,8-15H2,1-3H3,(H,27,28)(H,33,34). The van der Waals surface area contributed by atoms with E-state index in [1.54, 1.807) is 0 Å². The summed E-state index contributed by atoms with van der Waals surface area (Å²) < 4.78 is 8.21. The van der Waals surface area contributed by atoms with Gasteiger partial charge < -0.3 is 25.4 Å². The van der Waals surface area contributed by atoms with E-state index >= 15 is 0 Å². The van der Waals surface area contributed by atoms with Gasteiger partial charge in [0.2, 0.25) is 5.65 Å². The number of nitrogens with one attached hydrogen (secondary N) is 2. The molecule has 1 aromatic carbocycles. The van der Waals surface area contributed by atoms with E-state index in [1.165, 1.54) is 11.3 Å². The second kappa shape index (κ2) is 11.5. The number of hydrogen-bond acceptors (Lipinski definition) is 7. The molecule has 2 aromatic heterocycles. The van der Waals surface area contributed by atoms with Crippen LogP contribution in [0.25, 0.3) is 16.7 Å². The second-order valence-electron chi connectivity index (χ2n) is 9.67. The van der Waals surface area contributed by atoms with Gasteiger partial charge in [-0.3, -0.25) is 4.40 Å². The zero-order chi connectivity index (χ0) is 24.8. The first-order valence-electron chi connectivity index (χ1n) is 12.7. The minimum absolute atomic E-state index is 0.00447. The molecule has 0 saturated carbocycles. The van der Waals surface area contributed by atoms with E-state index in [4.69, 9.17) is 14.8 Å². The molecule has 10 heteroatoms. The maximum absolute atomic E-state index is 11.1. The molecular weight excluding hydrogens is 446 g/mol. The maximum Gasteiger partial charge on any atom is 0.407 e. The number of fused-ring (bicyclic) bond motifs is 3. The third kappa shape index (κ3) is 6.30. The zero-order valence-corrected chi connectivity index (χ0v) is 21.0. The van der Waals surface area contributed by atoms with Crippen molar-refractivity contribution in [3.05, 3.63) is 24.0 Å². The quantitative estimate of drug-likeness (QED) is 0.351. The normalized spacial score (nSPS) is 14.8. The summed E-state index contributed by atoms with van der Waals surface area (Å²) >= 11 is 0. The van der Waals surface area contributed by atoms with Crippen molar-refractivity contribution in [3.63, 3.8) is 0 Å². The lowest BCUT2D eigenvalue weighted by atomic mass is 10.1. The molecule has 1 amide bonds. The molecule has 1 fully saturated rings. The number of likely N-dealkylation sites (tertiary alicyclic amines) is 1. The van der Waals surface area contributed by atoms with Gasteiger partial charge in [-0.25, -0.2) is 9.78 Å². The zero-order valence-electron chi connectivity index (χ0n) is 21.0. The Balaban J connectivity index is 1.41. The molecule has 0 aliphatic carbocycles. The van der Waals surface area contributed by atoms with Gasteiger partial charge in [0.15, 0.2) is 5.82 Å². The first-order valence-corrected chi connectivity index (χ1v) is 12.7. The highest BCUT2D eigenvalue weighted by atomic mass is 16.5. The molecule has 10 nitrogen and oxygen atoms in total. The number of anilines is 1. The van der Waals surface area contributed by atoms with Crippen LogP contribution in [0.15, 0.2) is 18.2 Å². The number of unbranched alkanes of at least 4 members (excludes halogenated alkanes) is 1. The van der Waals surface area contributed by atoms with Crippen LogP contribution < -0.4 is 15.4 Å². The van der Waals surface area contributed by atoms with Crippen LogP contribution in [0.4, 0.5) is 10.6 Å². The lowest BCUT2D eigenvalue weighted by molar-refractivity contribution is 0.0895. The molecule has 3 aromatic rings. The fourth-order valence-corrected chi connectivity index (χ4v) is 4.40. The molecule has 1 aliphatic rings. The van der Waals surface area contributed by atoms with Crippen LogP contribution in [0.1, 0.15) is 51.8 Å². The summed E-state index contributed by atoms with van der Waals surface area (Å²) in [6.45, 7) is 10.3. The van der Waals surface area contributed by atoms with Gasteiger partial charge in [-0.1, -0.05) is 13.8 Å². The first-order chi connectivity index (χ1) is 16.9. The van der Waals surface area contributed by atoms with Gasteiger partial charge in [0.25, 0.3) is 0 Å². The van der Waals surface area contributed by atoms with Crippen molar-refractivity contribution in [2.24, 2.45) is 5.92 Å². The van der Waals surface area contributed by atoms with Crippen LogP contribution in [0.5, 0.6) is 5.75 Å². The number of benzene rings is 1. The fourth-order valence-electron chi connectivity index (χ4n) is 4.40. The van der Waals surface area contributed by atoms with Crippen LogP contribution in [0.2, 0.25) is 0 Å². The lowest BCUT2D eigenvalue weighted by Gasteiger charge is -2.30. The van der Waals surface area contributed by atoms with Gasteiger partial charge in [0, 0.05) is 38.5 Å². The van der Waals surface area contributed by atoms with Crippen LogP contribution in [0.3, 0.4) is 0 Å². The summed E-state index contributed by atoms with van der Waals surface area (Å²) in [4.78, 5) is 17.4. The Hall–Kier alpha value is -3.14. The van der Waals surface area contributed by atoms with Gasteiger partial charge in [-0.05, 0) is 57.3 Å². The Morgan fingerprint density at radius 3 is 2.69 bits per heavy atom. The number of amides is 1. The van der Waals surface area contributed by atoms with E-state index in [0.717, 1.165) is 72.5 Å². The average Bonchev–Trinajstić information content (AvgIpc) is 3.22. The van der Waals surface area contributed by atoms with Crippen molar-refractivity contribution in [1.29, 1.82) is 0 Å². The van der Waals surface area contributed by atoms with Gasteiger partial charge in [-0.2, -0.15) is 0 Å². The number of nitrogens with zero attached hydrogens (tertiary/aromatic N) is 5. The monoisotopic (exact) mass is 483 g/mol. The van der Waals surface area contributed by atoms with Gasteiger partial charge in [0.05, 0.1) is 11.0 Å². The number of aryl methyl sites for hydroxylation is 1. The topological polar surface area (TPSA) is 117 Å². The minimum Gasteiger partial charge on any atom is -0.490 e. The number of rotatable bonds is 11. The summed E-state index contributed by atoms with van der Waals surface area (Å²) in [6.07, 6.45) is 3.83. The summed E-state index contributed by atoms with van der Waals surface area (Å²) in [5.41, 5.74) is 2.45. The highest BCUT2D eigenvalue weighted by Crippen LogP contribution is 2.27. The molecule has 0 spiro atoms. The summed E-state index contributed by atoms with van der Waals surface area (Å²) in [7, 11) is 0. The number of ether oxygens (including phenoxy) is 1. The highest BCUT2D eigenvalue weighted by Gasteiger charge is 2.23. The molecule has 190 valence electrons. The summed E-state index contributed by atoms with van der Waals surface area (Å²) in [6, 6.07) is 5.87. The van der Waals surface area contributed by atoms with Gasteiger partial charge >= 0.3 is 6.09 Å². The molecule has 0 atom stereocenters. The summed E-state index contributed by atoms with van der Waals surface area (Å²) in [5, 5.41) is 24.7. The molecular formula is C25H37N7O3. The molecule has 4 rings (SSSR count). The Bertz CT molecular complexity index is 1140. The van der Waals surface area contributed by atoms with E-state index in [9.17, 15) is 4.79 Å². The predicted molar refractivity (Wildman–Crippen MR) is 136 cm³/mol. The number of carboxylic acid groups (broad SMARTS) is 1. The second-order valence-corrected chi connectivity index (χ2v) is 9.67. The van der Waals surface area contributed by atoms with Crippen molar-refractivity contribution in [3.8, 4) is 5.75 Å². The average molecular weight is 484 g/mol. The van der Waals surface area contributed by atoms with E-state index < -0.39 is 6.09 Å². The maximum atomic E-state index is 11.1. The van der Waals surface area contributed by atoms with E-state index in [1.807, 2.05) is 29.5 Å². The minimum atomic E-state index is -0.867. The van der Waals surface area contributed by atoms with Crippen molar-refractivity contribution in [2.75, 3.05) is 38.0 Å². The Labute approximate surface area is 206 Å². The molecule has 3 N–H and O–H groups in total. The Morgan fingerprint density at radius 2 is 1.94 bits per heavy atom. The molecule has 0 bridgehead atoms. The Kier molecular flexibility index (Phi) is 8.22. The van der Waals surface area contributed by atoms with Crippen LogP contribution in [-0.2, 0) is 0 Å². The molecule has 35 heavy (non-hydrogen) atoms. The third-order valence-electron chi connectivity index (χ3n) is 6.44. The lowest BCUT2D eigenvalue weighted by Crippen LogP contribution is -2.41. The first kappa shape index (κ1) is 25.0. The summed E-state index contributed by atoms with van der Waals surface area (Å²) in [5.74, 6) is 2.99. The van der Waals surface area contributed by atoms with Crippen LogP contribution in [0, 0.1) is 12.8 Å². The highest BCUT2D eigenvalue weighted by molar-refractivity contribution is 5.84. The van der Waals surface area contributed by atoms with Crippen molar-refractivity contribution in [2.45, 2.75) is 59.0 Å². The van der Waals surface area contributed by atoms with E-state index in [2.05, 4.69) is 34.7 Å². The van der Waals surface area contributed by atoms with Crippen LogP contribution >= 0.6 is 0 Å². The van der Waals surface area contributed by atoms with Gasteiger partial charge in [-0.15, -0.1) is 10.2 Å². The molecule has 1 aliphatic heterocycles. The molecule has 0 unspecified atom stereocenters. The Morgan fingerprint density at radius 1 is 1.17 bits per heavy atom. The van der Waals surface area contributed by atoms with Crippen molar-refractivity contribution >= 4 is 28.6 Å².